The van der Waals surface area contributed by atoms with Gasteiger partial charge in [0.2, 0.25) is 11.8 Å². The summed E-state index contributed by atoms with van der Waals surface area (Å²) in [7, 11) is 0. The van der Waals surface area contributed by atoms with Crippen LogP contribution in [0.1, 0.15) is 25.9 Å². The van der Waals surface area contributed by atoms with Crippen molar-refractivity contribution in [2.24, 2.45) is 0 Å². The predicted octanol–water partition coefficient (Wildman–Crippen LogP) is 5.74. The molecule has 9 heteroatoms. The number of aromatic nitrogens is 4. The fourth-order valence-electron chi connectivity index (χ4n) is 3.49. The molecule has 0 amide bonds. The van der Waals surface area contributed by atoms with Crippen LogP contribution < -0.4 is 0 Å². The zero-order chi connectivity index (χ0) is 23.0. The molecule has 2 aromatic heterocycles. The van der Waals surface area contributed by atoms with Gasteiger partial charge < -0.3 is 10.2 Å². The molecule has 2 heterocycles. The van der Waals surface area contributed by atoms with Gasteiger partial charge in [0.15, 0.2) is 5.78 Å². The van der Waals surface area contributed by atoms with Crippen LogP contribution in [0.4, 0.5) is 0 Å². The number of hydrogen-bond donors (Lipinski definition) is 2. The third kappa shape index (κ3) is 4.35. The number of hydrogen-bond acceptors (Lipinski definition) is 5. The van der Waals surface area contributed by atoms with Crippen molar-refractivity contribution in [1.29, 1.82) is 0 Å². The van der Waals surface area contributed by atoms with Gasteiger partial charge in [0, 0.05) is 21.3 Å². The fourth-order valence-corrected chi connectivity index (χ4v) is 4.29. The molecule has 32 heavy (non-hydrogen) atoms. The molecule has 2 unspecified atom stereocenters. The van der Waals surface area contributed by atoms with Gasteiger partial charge in [0.05, 0.1) is 11.1 Å². The molecule has 0 fully saturated rings. The van der Waals surface area contributed by atoms with Crippen molar-refractivity contribution in [1.82, 2.24) is 19.6 Å². The van der Waals surface area contributed by atoms with Gasteiger partial charge in [0.1, 0.15) is 12.1 Å². The summed E-state index contributed by atoms with van der Waals surface area (Å²) in [4.78, 5) is 13.2. The van der Waals surface area contributed by atoms with Crippen molar-refractivity contribution in [3.63, 3.8) is 0 Å². The van der Waals surface area contributed by atoms with E-state index in [4.69, 9.17) is 0 Å². The van der Waals surface area contributed by atoms with E-state index in [2.05, 4.69) is 42.1 Å². The Morgan fingerprint density at radius 1 is 0.812 bits per heavy atom. The first-order chi connectivity index (χ1) is 15.2. The SMILES string of the molecule is CC(C(=O)C(C)n1cc(-c2cccc(Br)c2)c(O)n1)n1cc(-c2cccc(Br)c2)c(O)n1. The quantitative estimate of drug-likeness (QED) is 0.314. The Balaban J connectivity index is 1.59. The first kappa shape index (κ1) is 22.3. The summed E-state index contributed by atoms with van der Waals surface area (Å²) in [6.45, 7) is 3.43. The average molecular weight is 560 g/mol. The molecule has 0 aliphatic heterocycles. The van der Waals surface area contributed by atoms with Crippen molar-refractivity contribution in [2.75, 3.05) is 0 Å². The molecule has 0 bridgehead atoms. The van der Waals surface area contributed by atoms with Crippen molar-refractivity contribution in [2.45, 2.75) is 25.9 Å². The number of nitrogens with zero attached hydrogens (tertiary/aromatic N) is 4. The maximum atomic E-state index is 13.2. The number of carbonyl (C=O) groups is 1. The first-order valence-corrected chi connectivity index (χ1v) is 11.4. The molecule has 4 rings (SSSR count). The normalized spacial score (nSPS) is 13.1. The number of Topliss-reactive ketones (excluding diaryl/α,β-unsaturated/α-hetero) is 1. The summed E-state index contributed by atoms with van der Waals surface area (Å²) >= 11 is 6.84. The zero-order valence-corrected chi connectivity index (χ0v) is 20.4. The van der Waals surface area contributed by atoms with E-state index in [0.717, 1.165) is 20.1 Å². The van der Waals surface area contributed by atoms with E-state index in [0.29, 0.717) is 11.1 Å². The highest BCUT2D eigenvalue weighted by atomic mass is 79.9. The highest BCUT2D eigenvalue weighted by Gasteiger charge is 2.27. The van der Waals surface area contributed by atoms with Gasteiger partial charge in [-0.3, -0.25) is 14.2 Å². The lowest BCUT2D eigenvalue weighted by molar-refractivity contribution is -0.125. The second kappa shape index (κ2) is 8.91. The lowest BCUT2D eigenvalue weighted by Crippen LogP contribution is -2.25. The first-order valence-electron chi connectivity index (χ1n) is 9.86. The molecule has 2 N–H and O–H groups in total. The van der Waals surface area contributed by atoms with Crippen LogP contribution in [0.2, 0.25) is 0 Å². The summed E-state index contributed by atoms with van der Waals surface area (Å²) in [6, 6.07) is 13.6. The molecule has 164 valence electrons. The van der Waals surface area contributed by atoms with E-state index in [1.807, 2.05) is 48.5 Å². The van der Waals surface area contributed by atoms with E-state index in [1.165, 1.54) is 9.36 Å². The lowest BCUT2D eigenvalue weighted by Gasteiger charge is -2.16. The van der Waals surface area contributed by atoms with Gasteiger partial charge in [-0.2, -0.15) is 0 Å². The third-order valence-corrected chi connectivity index (χ3v) is 6.30. The Morgan fingerprint density at radius 2 is 1.22 bits per heavy atom. The number of ketones is 1. The van der Waals surface area contributed by atoms with Crippen LogP contribution in [0.15, 0.2) is 69.9 Å². The van der Waals surface area contributed by atoms with Crippen LogP contribution in [-0.2, 0) is 4.79 Å². The van der Waals surface area contributed by atoms with Crippen molar-refractivity contribution in [3.05, 3.63) is 69.9 Å². The molecular weight excluding hydrogens is 540 g/mol. The van der Waals surface area contributed by atoms with E-state index in [9.17, 15) is 15.0 Å². The van der Waals surface area contributed by atoms with Crippen LogP contribution >= 0.6 is 31.9 Å². The zero-order valence-electron chi connectivity index (χ0n) is 17.3. The fraction of sp³-hybridized carbons (Fsp3) is 0.174. The molecule has 0 saturated heterocycles. The minimum atomic E-state index is -0.655. The molecular formula is C23H20Br2N4O3. The highest BCUT2D eigenvalue weighted by molar-refractivity contribution is 9.10. The molecule has 7 nitrogen and oxygen atoms in total. The van der Waals surface area contributed by atoms with Crippen LogP contribution in [0, 0.1) is 0 Å². The number of aromatic hydroxyl groups is 2. The number of rotatable bonds is 6. The van der Waals surface area contributed by atoms with Crippen molar-refractivity contribution < 1.29 is 15.0 Å². The second-order valence-corrected chi connectivity index (χ2v) is 9.30. The average Bonchev–Trinajstić information content (AvgIpc) is 3.35. The second-order valence-electron chi connectivity index (χ2n) is 7.47. The minimum Gasteiger partial charge on any atom is -0.492 e. The third-order valence-electron chi connectivity index (χ3n) is 5.31. The van der Waals surface area contributed by atoms with Crippen molar-refractivity contribution in [3.8, 4) is 34.0 Å². The number of carbonyl (C=O) groups excluding carboxylic acids is 1. The molecule has 0 aliphatic rings. The van der Waals surface area contributed by atoms with Gasteiger partial charge in [-0.25, -0.2) is 0 Å². The van der Waals surface area contributed by atoms with E-state index >= 15 is 0 Å². The summed E-state index contributed by atoms with van der Waals surface area (Å²) in [5, 5.41) is 29.0. The smallest absolute Gasteiger partial charge is 0.238 e. The van der Waals surface area contributed by atoms with Crippen LogP contribution in [0.5, 0.6) is 11.8 Å². The summed E-state index contributed by atoms with van der Waals surface area (Å²) < 4.78 is 4.64. The Kier molecular flexibility index (Phi) is 6.21. The van der Waals surface area contributed by atoms with Gasteiger partial charge in [-0.15, -0.1) is 10.2 Å². The highest BCUT2D eigenvalue weighted by Crippen LogP contribution is 2.33. The molecule has 2 aromatic carbocycles. The minimum absolute atomic E-state index is 0.149. The van der Waals surface area contributed by atoms with Crippen molar-refractivity contribution >= 4 is 37.6 Å². The monoisotopic (exact) mass is 558 g/mol. The van der Waals surface area contributed by atoms with Crippen LogP contribution in [0.25, 0.3) is 22.3 Å². The standard InChI is InChI=1S/C23H20Br2N4O3/c1-13(28-11-19(22(31)26-28)15-5-3-7-17(24)9-15)21(30)14(2)29-12-20(23(32)27-29)16-6-4-8-18(25)10-16/h3-14H,1-2H3,(H,26,31)(H,27,32). The predicted molar refractivity (Wildman–Crippen MR) is 128 cm³/mol. The van der Waals surface area contributed by atoms with Gasteiger partial charge in [-0.05, 0) is 49.2 Å². The van der Waals surface area contributed by atoms with E-state index in [1.54, 1.807) is 26.2 Å². The molecule has 0 spiro atoms. The molecule has 0 saturated carbocycles. The molecule has 2 atom stereocenters. The molecule has 0 radical (unpaired) electrons. The lowest BCUT2D eigenvalue weighted by atomic mass is 10.1. The Morgan fingerprint density at radius 3 is 1.59 bits per heavy atom. The number of halogens is 2. The topological polar surface area (TPSA) is 93.2 Å². The summed E-state index contributed by atoms with van der Waals surface area (Å²) in [5.41, 5.74) is 2.64. The maximum absolute atomic E-state index is 13.2. The van der Waals surface area contributed by atoms with Crippen LogP contribution in [-0.4, -0.2) is 35.6 Å². The van der Waals surface area contributed by atoms with Gasteiger partial charge >= 0.3 is 0 Å². The largest absolute Gasteiger partial charge is 0.492 e. The Hall–Kier alpha value is -2.91. The van der Waals surface area contributed by atoms with E-state index in [-0.39, 0.29) is 17.5 Å². The Labute approximate surface area is 201 Å². The van der Waals surface area contributed by atoms with Crippen LogP contribution in [0.3, 0.4) is 0 Å². The van der Waals surface area contributed by atoms with E-state index < -0.39 is 12.1 Å². The summed E-state index contributed by atoms with van der Waals surface area (Å²) in [5.74, 6) is -0.468. The molecule has 4 aromatic rings. The summed E-state index contributed by atoms with van der Waals surface area (Å²) in [6.07, 6.45) is 3.31. The molecule has 0 aliphatic carbocycles. The van der Waals surface area contributed by atoms with Gasteiger partial charge in [-0.1, -0.05) is 56.1 Å². The Bertz CT molecular complexity index is 1200. The number of benzene rings is 2. The van der Waals surface area contributed by atoms with Gasteiger partial charge in [0.25, 0.3) is 0 Å². The maximum Gasteiger partial charge on any atom is 0.238 e.